The van der Waals surface area contributed by atoms with Crippen molar-refractivity contribution in [3.63, 3.8) is 0 Å². The van der Waals surface area contributed by atoms with Crippen molar-refractivity contribution in [3.8, 4) is 6.07 Å². The van der Waals surface area contributed by atoms with Crippen LogP contribution in [0.25, 0.3) is 0 Å². The molecule has 22 heavy (non-hydrogen) atoms. The Morgan fingerprint density at radius 1 is 1.18 bits per heavy atom. The molecule has 0 unspecified atom stereocenters. The van der Waals surface area contributed by atoms with E-state index in [0.29, 0.717) is 26.3 Å². The minimum absolute atomic E-state index is 0.0223. The van der Waals surface area contributed by atoms with Gasteiger partial charge < -0.3 is 25.2 Å². The van der Waals surface area contributed by atoms with Gasteiger partial charge >= 0.3 is 0 Å². The van der Waals surface area contributed by atoms with Gasteiger partial charge in [-0.3, -0.25) is 4.79 Å². The maximum atomic E-state index is 11.7. The van der Waals surface area contributed by atoms with Crippen LogP contribution in [0.15, 0.2) is 11.8 Å². The van der Waals surface area contributed by atoms with E-state index in [9.17, 15) is 4.79 Å². The van der Waals surface area contributed by atoms with Crippen LogP contribution in [0.4, 0.5) is 0 Å². The third-order valence-corrected chi connectivity index (χ3v) is 2.63. The molecule has 0 aliphatic rings. The number of ether oxygens (including phenoxy) is 2. The fourth-order valence-electron chi connectivity index (χ4n) is 1.44. The van der Waals surface area contributed by atoms with Gasteiger partial charge in [0.05, 0.1) is 19.8 Å². The van der Waals surface area contributed by atoms with Gasteiger partial charge in [0.15, 0.2) is 0 Å². The van der Waals surface area contributed by atoms with Crippen LogP contribution < -0.4 is 10.6 Å². The molecule has 0 bridgehead atoms. The van der Waals surface area contributed by atoms with Gasteiger partial charge in [-0.05, 0) is 12.8 Å². The Kier molecular flexibility index (Phi) is 14.6. The third-order valence-electron chi connectivity index (χ3n) is 2.63. The topological polar surface area (TPSA) is 104 Å². The second-order valence-corrected chi connectivity index (χ2v) is 4.54. The van der Waals surface area contributed by atoms with Crippen molar-refractivity contribution < 1.29 is 19.4 Å². The summed E-state index contributed by atoms with van der Waals surface area (Å²) in [5, 5.41) is 22.9. The lowest BCUT2D eigenvalue weighted by Crippen LogP contribution is -2.27. The van der Waals surface area contributed by atoms with E-state index in [1.165, 1.54) is 6.20 Å². The van der Waals surface area contributed by atoms with Gasteiger partial charge in [0, 0.05) is 32.5 Å². The monoisotopic (exact) mass is 313 g/mol. The molecule has 0 atom stereocenters. The minimum atomic E-state index is -0.403. The SMILES string of the molecule is CCCCOCCCNC(=O)/C(C#N)=C\NCCOCCO. The van der Waals surface area contributed by atoms with Crippen molar-refractivity contribution in [2.24, 2.45) is 0 Å². The molecule has 0 aromatic heterocycles. The normalized spacial score (nSPS) is 11.0. The van der Waals surface area contributed by atoms with Crippen molar-refractivity contribution in [3.05, 3.63) is 11.8 Å². The number of nitrogens with zero attached hydrogens (tertiary/aromatic N) is 1. The summed E-state index contributed by atoms with van der Waals surface area (Å²) in [6.45, 7) is 5.04. The lowest BCUT2D eigenvalue weighted by Gasteiger charge is -2.06. The number of carbonyl (C=O) groups is 1. The predicted octanol–water partition coefficient (Wildman–Crippen LogP) is 0.315. The maximum Gasteiger partial charge on any atom is 0.263 e. The molecule has 0 spiro atoms. The van der Waals surface area contributed by atoms with Crippen molar-refractivity contribution >= 4 is 5.91 Å². The minimum Gasteiger partial charge on any atom is -0.394 e. The number of aliphatic hydroxyl groups is 1. The molecule has 0 aromatic carbocycles. The third kappa shape index (κ3) is 12.1. The van der Waals surface area contributed by atoms with Crippen LogP contribution in [-0.4, -0.2) is 57.1 Å². The molecule has 126 valence electrons. The molecule has 0 saturated heterocycles. The summed E-state index contributed by atoms with van der Waals surface area (Å²) >= 11 is 0. The van der Waals surface area contributed by atoms with Gasteiger partial charge in [-0.2, -0.15) is 5.26 Å². The van der Waals surface area contributed by atoms with E-state index < -0.39 is 5.91 Å². The highest BCUT2D eigenvalue weighted by Gasteiger charge is 2.07. The molecule has 0 fully saturated rings. The molecule has 7 heteroatoms. The van der Waals surface area contributed by atoms with Crippen LogP contribution in [0, 0.1) is 11.3 Å². The van der Waals surface area contributed by atoms with E-state index in [2.05, 4.69) is 17.6 Å². The van der Waals surface area contributed by atoms with Gasteiger partial charge in [-0.1, -0.05) is 13.3 Å². The first-order valence-electron chi connectivity index (χ1n) is 7.64. The Balaban J connectivity index is 3.74. The number of hydrogen-bond donors (Lipinski definition) is 3. The molecule has 0 rings (SSSR count). The van der Waals surface area contributed by atoms with Crippen molar-refractivity contribution in [1.82, 2.24) is 10.6 Å². The first-order chi connectivity index (χ1) is 10.8. The number of carbonyl (C=O) groups excluding carboxylic acids is 1. The highest BCUT2D eigenvalue weighted by Crippen LogP contribution is 1.92. The quantitative estimate of drug-likeness (QED) is 0.242. The molecule has 0 radical (unpaired) electrons. The Labute approximate surface area is 132 Å². The second-order valence-electron chi connectivity index (χ2n) is 4.54. The van der Waals surface area contributed by atoms with E-state index in [-0.39, 0.29) is 18.8 Å². The van der Waals surface area contributed by atoms with Gasteiger partial charge in [-0.15, -0.1) is 0 Å². The largest absolute Gasteiger partial charge is 0.394 e. The van der Waals surface area contributed by atoms with Crippen LogP contribution >= 0.6 is 0 Å². The molecule has 0 aromatic rings. The van der Waals surface area contributed by atoms with Gasteiger partial charge in [0.25, 0.3) is 5.91 Å². The lowest BCUT2D eigenvalue weighted by molar-refractivity contribution is -0.117. The summed E-state index contributed by atoms with van der Waals surface area (Å²) in [4.78, 5) is 11.7. The van der Waals surface area contributed by atoms with E-state index in [1.54, 1.807) is 0 Å². The summed E-state index contributed by atoms with van der Waals surface area (Å²) in [7, 11) is 0. The fourth-order valence-corrected chi connectivity index (χ4v) is 1.44. The first kappa shape index (κ1) is 20.4. The predicted molar refractivity (Wildman–Crippen MR) is 83.0 cm³/mol. The summed E-state index contributed by atoms with van der Waals surface area (Å²) in [6.07, 6.45) is 4.23. The van der Waals surface area contributed by atoms with Crippen LogP contribution in [0.5, 0.6) is 0 Å². The number of unbranched alkanes of at least 4 members (excludes halogenated alkanes) is 1. The molecule has 0 aliphatic carbocycles. The molecule has 1 amide bonds. The Hall–Kier alpha value is -1.62. The van der Waals surface area contributed by atoms with E-state index in [4.69, 9.17) is 19.8 Å². The van der Waals surface area contributed by atoms with Crippen LogP contribution in [0.1, 0.15) is 26.2 Å². The number of hydrogen-bond acceptors (Lipinski definition) is 6. The fraction of sp³-hybridized carbons (Fsp3) is 0.733. The van der Waals surface area contributed by atoms with Gasteiger partial charge in [0.1, 0.15) is 11.6 Å². The average Bonchev–Trinajstić information content (AvgIpc) is 2.53. The zero-order valence-corrected chi connectivity index (χ0v) is 13.3. The number of aliphatic hydroxyl groups excluding tert-OH is 1. The highest BCUT2D eigenvalue weighted by molar-refractivity contribution is 5.97. The number of rotatable bonds is 14. The molecular weight excluding hydrogens is 286 g/mol. The van der Waals surface area contributed by atoms with Crippen molar-refractivity contribution in [2.45, 2.75) is 26.2 Å². The zero-order valence-electron chi connectivity index (χ0n) is 13.3. The lowest BCUT2D eigenvalue weighted by atomic mass is 10.3. The summed E-state index contributed by atoms with van der Waals surface area (Å²) < 4.78 is 10.4. The molecule has 3 N–H and O–H groups in total. The maximum absolute atomic E-state index is 11.7. The summed E-state index contributed by atoms with van der Waals surface area (Å²) in [6, 6.07) is 1.85. The summed E-state index contributed by atoms with van der Waals surface area (Å²) in [5.41, 5.74) is 0.0223. The highest BCUT2D eigenvalue weighted by atomic mass is 16.5. The molecule has 0 aliphatic heterocycles. The number of amides is 1. The molecular formula is C15H27N3O4. The Morgan fingerprint density at radius 2 is 1.91 bits per heavy atom. The second kappa shape index (κ2) is 15.8. The first-order valence-corrected chi connectivity index (χ1v) is 7.64. The molecule has 0 saturated carbocycles. The van der Waals surface area contributed by atoms with E-state index in [0.717, 1.165) is 25.9 Å². The summed E-state index contributed by atoms with van der Waals surface area (Å²) in [5.74, 6) is -0.403. The van der Waals surface area contributed by atoms with Crippen LogP contribution in [0.2, 0.25) is 0 Å². The van der Waals surface area contributed by atoms with Gasteiger partial charge in [0.2, 0.25) is 0 Å². The average molecular weight is 313 g/mol. The molecule has 7 nitrogen and oxygen atoms in total. The smallest absolute Gasteiger partial charge is 0.263 e. The zero-order chi connectivity index (χ0) is 16.5. The molecule has 0 heterocycles. The van der Waals surface area contributed by atoms with Crippen LogP contribution in [0.3, 0.4) is 0 Å². The Bertz CT molecular complexity index is 353. The standard InChI is InChI=1S/C15H27N3O4/c1-2-3-8-21-9-4-5-18-15(20)14(12-16)13-17-6-10-22-11-7-19/h13,17,19H,2-11H2,1H3,(H,18,20)/b14-13-. The van der Waals surface area contributed by atoms with E-state index >= 15 is 0 Å². The van der Waals surface area contributed by atoms with Gasteiger partial charge in [-0.25, -0.2) is 0 Å². The van der Waals surface area contributed by atoms with Crippen molar-refractivity contribution in [1.29, 1.82) is 5.26 Å². The number of nitrogens with one attached hydrogen (secondary N) is 2. The van der Waals surface area contributed by atoms with Crippen molar-refractivity contribution in [2.75, 3.05) is 46.1 Å². The van der Waals surface area contributed by atoms with Crippen LogP contribution in [-0.2, 0) is 14.3 Å². The van der Waals surface area contributed by atoms with E-state index in [1.807, 2.05) is 6.07 Å². The Morgan fingerprint density at radius 3 is 2.59 bits per heavy atom. The number of nitriles is 1.